The first-order valence-corrected chi connectivity index (χ1v) is 13.2. The minimum atomic E-state index is -0.394. The summed E-state index contributed by atoms with van der Waals surface area (Å²) in [6.07, 6.45) is 5.17. The number of hydrogen-bond acceptors (Lipinski definition) is 6. The molecule has 184 valence electrons. The van der Waals surface area contributed by atoms with Crippen molar-refractivity contribution in [1.29, 1.82) is 0 Å². The van der Waals surface area contributed by atoms with E-state index in [9.17, 15) is 9.18 Å². The van der Waals surface area contributed by atoms with E-state index in [0.29, 0.717) is 38.0 Å². The van der Waals surface area contributed by atoms with Crippen molar-refractivity contribution in [3.63, 3.8) is 0 Å². The lowest BCUT2D eigenvalue weighted by atomic mass is 9.84. The Hall–Kier alpha value is -2.13. The number of hydrogen-bond donors (Lipinski definition) is 0. The minimum absolute atomic E-state index is 0.0968. The van der Waals surface area contributed by atoms with E-state index >= 15 is 0 Å². The monoisotopic (exact) mass is 488 g/mol. The third-order valence-corrected chi connectivity index (χ3v) is 8.75. The lowest BCUT2D eigenvalue weighted by molar-refractivity contribution is -0.134. The van der Waals surface area contributed by atoms with E-state index in [1.165, 1.54) is 43.5 Å². The number of benzene rings is 1. The highest BCUT2D eigenvalue weighted by molar-refractivity contribution is 8.00. The molecule has 1 saturated heterocycles. The Morgan fingerprint density at radius 2 is 2.00 bits per heavy atom. The molecule has 1 aromatic heterocycles. The van der Waals surface area contributed by atoms with Crippen LogP contribution in [0.25, 0.3) is 0 Å². The van der Waals surface area contributed by atoms with Crippen LogP contribution in [-0.2, 0) is 16.1 Å². The molecular weight excluding hydrogens is 455 g/mol. The topological polar surface area (TPSA) is 69.5 Å². The number of aromatic nitrogens is 3. The van der Waals surface area contributed by atoms with E-state index in [-0.39, 0.29) is 29.6 Å². The van der Waals surface area contributed by atoms with E-state index in [1.807, 2.05) is 11.8 Å². The van der Waals surface area contributed by atoms with Crippen LogP contribution in [0.5, 0.6) is 5.75 Å². The molecule has 34 heavy (non-hydrogen) atoms. The van der Waals surface area contributed by atoms with Crippen molar-refractivity contribution in [3.8, 4) is 5.75 Å². The molecule has 5 rings (SSSR count). The summed E-state index contributed by atoms with van der Waals surface area (Å²) in [7, 11) is 0. The lowest BCUT2D eigenvalue weighted by Crippen LogP contribution is -2.44. The van der Waals surface area contributed by atoms with Gasteiger partial charge in [0.2, 0.25) is 5.91 Å². The van der Waals surface area contributed by atoms with Crippen molar-refractivity contribution in [3.05, 3.63) is 35.9 Å². The van der Waals surface area contributed by atoms with Gasteiger partial charge in [-0.2, -0.15) is 0 Å². The highest BCUT2D eigenvalue weighted by Crippen LogP contribution is 2.52. The highest BCUT2D eigenvalue weighted by Gasteiger charge is 2.43. The molecule has 2 aromatic rings. The number of ether oxygens (including phenoxy) is 2. The molecule has 1 amide bonds. The Labute approximate surface area is 204 Å². The zero-order chi connectivity index (χ0) is 23.7. The van der Waals surface area contributed by atoms with Crippen molar-refractivity contribution < 1.29 is 18.7 Å². The standard InChI is InChI=1S/C25H33FN4O3S/c1-16(20-14-18-7-8-19(20)13-18)30-23(15-33-22-6-4-3-5-21(22)26)27-28-25(30)34-17(2)24(31)29-9-11-32-12-10-29/h3-6,16-20H,7-15H2,1-2H3/t16-,17+,18+,19+,20-/m1/s1. The van der Waals surface area contributed by atoms with Gasteiger partial charge < -0.3 is 14.4 Å². The Morgan fingerprint density at radius 3 is 2.71 bits per heavy atom. The van der Waals surface area contributed by atoms with Gasteiger partial charge in [0.1, 0.15) is 6.61 Å². The van der Waals surface area contributed by atoms with Crippen LogP contribution in [0.1, 0.15) is 51.4 Å². The summed E-state index contributed by atoms with van der Waals surface area (Å²) in [6, 6.07) is 6.59. The van der Waals surface area contributed by atoms with Crippen molar-refractivity contribution in [1.82, 2.24) is 19.7 Å². The van der Waals surface area contributed by atoms with Crippen molar-refractivity contribution >= 4 is 17.7 Å². The second-order valence-corrected chi connectivity index (χ2v) is 11.1. The summed E-state index contributed by atoms with van der Waals surface area (Å²) >= 11 is 1.45. The van der Waals surface area contributed by atoms with Gasteiger partial charge in [0.15, 0.2) is 22.5 Å². The average molecular weight is 489 g/mol. The maximum atomic E-state index is 14.1. The normalized spacial score (nSPS) is 26.0. The van der Waals surface area contributed by atoms with Crippen LogP contribution in [0.4, 0.5) is 4.39 Å². The first kappa shape index (κ1) is 23.6. The van der Waals surface area contributed by atoms with Gasteiger partial charge in [-0.3, -0.25) is 9.36 Å². The van der Waals surface area contributed by atoms with Crippen LogP contribution >= 0.6 is 11.8 Å². The Kier molecular flexibility index (Phi) is 7.11. The van der Waals surface area contributed by atoms with E-state index in [4.69, 9.17) is 9.47 Å². The quantitative estimate of drug-likeness (QED) is 0.515. The molecule has 7 nitrogen and oxygen atoms in total. The number of amides is 1. The van der Waals surface area contributed by atoms with Gasteiger partial charge in [0.05, 0.1) is 18.5 Å². The van der Waals surface area contributed by atoms with Crippen molar-refractivity contribution in [2.24, 2.45) is 17.8 Å². The van der Waals surface area contributed by atoms with E-state index in [2.05, 4.69) is 21.7 Å². The smallest absolute Gasteiger partial charge is 0.236 e. The molecular formula is C25H33FN4O3S. The molecule has 2 bridgehead atoms. The summed E-state index contributed by atoms with van der Waals surface area (Å²) < 4.78 is 27.5. The largest absolute Gasteiger partial charge is 0.483 e. The third kappa shape index (κ3) is 4.82. The van der Waals surface area contributed by atoms with Crippen LogP contribution in [0, 0.1) is 23.6 Å². The number of thioether (sulfide) groups is 1. The lowest BCUT2D eigenvalue weighted by Gasteiger charge is -2.31. The van der Waals surface area contributed by atoms with Gasteiger partial charge in [-0.1, -0.05) is 30.3 Å². The number of halogens is 1. The van der Waals surface area contributed by atoms with E-state index < -0.39 is 5.82 Å². The number of fused-ring (bicyclic) bond motifs is 2. The molecule has 0 N–H and O–H groups in total. The number of rotatable bonds is 8. The molecule has 3 fully saturated rings. The van der Waals surface area contributed by atoms with Gasteiger partial charge in [-0.15, -0.1) is 10.2 Å². The van der Waals surface area contributed by atoms with Crippen LogP contribution in [-0.4, -0.2) is 57.1 Å². The first-order valence-electron chi connectivity index (χ1n) is 12.4. The summed E-state index contributed by atoms with van der Waals surface area (Å²) in [6.45, 7) is 6.71. The molecule has 1 aromatic carbocycles. The Morgan fingerprint density at radius 1 is 1.21 bits per heavy atom. The second-order valence-electron chi connectivity index (χ2n) is 9.76. The zero-order valence-corrected chi connectivity index (χ0v) is 20.7. The molecule has 5 atom stereocenters. The third-order valence-electron chi connectivity index (χ3n) is 7.70. The molecule has 2 saturated carbocycles. The molecule has 0 radical (unpaired) electrons. The van der Waals surface area contributed by atoms with Crippen LogP contribution in [0.15, 0.2) is 29.4 Å². The van der Waals surface area contributed by atoms with E-state index in [0.717, 1.165) is 17.0 Å². The summed E-state index contributed by atoms with van der Waals surface area (Å²) in [5.74, 6) is 2.69. The van der Waals surface area contributed by atoms with Gasteiger partial charge in [-0.25, -0.2) is 4.39 Å². The van der Waals surface area contributed by atoms with Gasteiger partial charge in [0.25, 0.3) is 0 Å². The van der Waals surface area contributed by atoms with Gasteiger partial charge in [0, 0.05) is 19.1 Å². The second kappa shape index (κ2) is 10.2. The minimum Gasteiger partial charge on any atom is -0.483 e. The number of morpholine rings is 1. The SMILES string of the molecule is C[C@H](Sc1nnc(COc2ccccc2F)n1[C@H](C)[C@H]1C[C@H]2CC[C@H]1C2)C(=O)N1CCOCC1. The molecule has 3 aliphatic rings. The van der Waals surface area contributed by atoms with Crippen LogP contribution in [0.2, 0.25) is 0 Å². The number of para-hydroxylation sites is 1. The van der Waals surface area contributed by atoms with E-state index in [1.54, 1.807) is 18.2 Å². The predicted octanol–water partition coefficient (Wildman–Crippen LogP) is 4.33. The van der Waals surface area contributed by atoms with Crippen molar-refractivity contribution in [2.75, 3.05) is 26.3 Å². The van der Waals surface area contributed by atoms with Crippen LogP contribution < -0.4 is 4.74 Å². The predicted molar refractivity (Wildman–Crippen MR) is 127 cm³/mol. The molecule has 2 heterocycles. The maximum Gasteiger partial charge on any atom is 0.236 e. The summed E-state index contributed by atoms with van der Waals surface area (Å²) in [5.41, 5.74) is 0. The first-order chi connectivity index (χ1) is 16.5. The number of carbonyl (C=O) groups excluding carboxylic acids is 1. The van der Waals surface area contributed by atoms with Gasteiger partial charge >= 0.3 is 0 Å². The van der Waals surface area contributed by atoms with Crippen LogP contribution in [0.3, 0.4) is 0 Å². The Balaban J connectivity index is 1.36. The number of carbonyl (C=O) groups is 1. The Bertz CT molecular complexity index is 1010. The van der Waals surface area contributed by atoms with Crippen molar-refractivity contribution in [2.45, 2.75) is 62.6 Å². The highest BCUT2D eigenvalue weighted by atomic mass is 32.2. The zero-order valence-electron chi connectivity index (χ0n) is 19.9. The molecule has 0 unspecified atom stereocenters. The molecule has 1 aliphatic heterocycles. The fourth-order valence-corrected chi connectivity index (χ4v) is 6.96. The average Bonchev–Trinajstić information content (AvgIpc) is 3.59. The summed E-state index contributed by atoms with van der Waals surface area (Å²) in [5, 5.41) is 9.37. The van der Waals surface area contributed by atoms with Gasteiger partial charge in [-0.05, 0) is 63.0 Å². The molecule has 0 spiro atoms. The number of nitrogens with zero attached hydrogens (tertiary/aromatic N) is 4. The summed E-state index contributed by atoms with van der Waals surface area (Å²) in [4.78, 5) is 14.9. The molecule has 2 aliphatic carbocycles. The fraction of sp³-hybridized carbons (Fsp3) is 0.640. The molecule has 9 heteroatoms. The maximum absolute atomic E-state index is 14.1. The fourth-order valence-electron chi connectivity index (χ4n) is 5.92.